The van der Waals surface area contributed by atoms with Gasteiger partial charge in [0.05, 0.1) is 27.5 Å². The largest absolute Gasteiger partial charge is 0.379 e. The smallest absolute Gasteiger partial charge is 0.139 e. The number of imidazole rings is 1. The highest BCUT2D eigenvalue weighted by molar-refractivity contribution is 9.10. The molecule has 0 saturated heterocycles. The van der Waals surface area contributed by atoms with Gasteiger partial charge in [0.1, 0.15) is 11.6 Å². The maximum atomic E-state index is 13.6. The van der Waals surface area contributed by atoms with Gasteiger partial charge in [-0.3, -0.25) is 0 Å². The summed E-state index contributed by atoms with van der Waals surface area (Å²) in [7, 11) is 0. The van der Waals surface area contributed by atoms with Crippen molar-refractivity contribution in [2.45, 2.75) is 45.2 Å². The zero-order chi connectivity index (χ0) is 15.4. The molecule has 0 aliphatic rings. The molecule has 0 radical (unpaired) electrons. The van der Waals surface area contributed by atoms with E-state index in [0.717, 1.165) is 37.3 Å². The average molecular weight is 378 g/mol. The molecule has 0 spiro atoms. The SMILES string of the molecule is CC(C)OCCCCn1c(CCl)nc2cc(F)c(Br)cc21. The minimum absolute atomic E-state index is 0.261. The molecule has 1 heterocycles. The van der Waals surface area contributed by atoms with Crippen molar-refractivity contribution in [3.8, 4) is 0 Å². The Morgan fingerprint density at radius 2 is 2.14 bits per heavy atom. The number of nitrogens with zero attached hydrogens (tertiary/aromatic N) is 2. The third-order valence-electron chi connectivity index (χ3n) is 3.22. The predicted octanol–water partition coefficient (Wildman–Crippen LogP) is 4.88. The maximum absolute atomic E-state index is 13.6. The summed E-state index contributed by atoms with van der Waals surface area (Å²) in [5.41, 5.74) is 1.55. The van der Waals surface area contributed by atoms with E-state index in [9.17, 15) is 4.39 Å². The van der Waals surface area contributed by atoms with Crippen LogP contribution in [-0.4, -0.2) is 22.3 Å². The molecule has 116 valence electrons. The summed E-state index contributed by atoms with van der Waals surface area (Å²) in [5, 5.41) is 0. The summed E-state index contributed by atoms with van der Waals surface area (Å²) < 4.78 is 21.6. The van der Waals surface area contributed by atoms with Crippen molar-refractivity contribution in [1.82, 2.24) is 9.55 Å². The summed E-state index contributed by atoms with van der Waals surface area (Å²) in [6.07, 6.45) is 2.20. The van der Waals surface area contributed by atoms with Gasteiger partial charge in [-0.25, -0.2) is 9.37 Å². The highest BCUT2D eigenvalue weighted by Gasteiger charge is 2.12. The number of hydrogen-bond acceptors (Lipinski definition) is 2. The number of benzene rings is 1. The van der Waals surface area contributed by atoms with Gasteiger partial charge in [0, 0.05) is 19.2 Å². The predicted molar refractivity (Wildman–Crippen MR) is 87.3 cm³/mol. The van der Waals surface area contributed by atoms with Crippen LogP contribution in [0.3, 0.4) is 0 Å². The fourth-order valence-corrected chi connectivity index (χ4v) is 2.75. The Morgan fingerprint density at radius 1 is 1.38 bits per heavy atom. The van der Waals surface area contributed by atoms with Gasteiger partial charge in [0.2, 0.25) is 0 Å². The Hall–Kier alpha value is -0.650. The molecule has 21 heavy (non-hydrogen) atoms. The number of ether oxygens (including phenoxy) is 1. The molecule has 2 rings (SSSR count). The number of aryl methyl sites for hydroxylation is 1. The van der Waals surface area contributed by atoms with Crippen LogP contribution in [0.15, 0.2) is 16.6 Å². The van der Waals surface area contributed by atoms with Crippen molar-refractivity contribution in [3.05, 3.63) is 28.2 Å². The summed E-state index contributed by atoms with van der Waals surface area (Å²) in [6, 6.07) is 3.20. The Balaban J connectivity index is 2.12. The van der Waals surface area contributed by atoms with Crippen LogP contribution in [0.2, 0.25) is 0 Å². The van der Waals surface area contributed by atoms with Gasteiger partial charge in [-0.2, -0.15) is 0 Å². The number of alkyl halides is 1. The first-order valence-electron chi connectivity index (χ1n) is 7.04. The van der Waals surface area contributed by atoms with Crippen LogP contribution in [0, 0.1) is 5.82 Å². The number of hydrogen-bond donors (Lipinski definition) is 0. The van der Waals surface area contributed by atoms with E-state index in [0.29, 0.717) is 15.9 Å². The van der Waals surface area contributed by atoms with E-state index in [2.05, 4.69) is 25.5 Å². The van der Waals surface area contributed by atoms with E-state index >= 15 is 0 Å². The van der Waals surface area contributed by atoms with E-state index in [1.807, 2.05) is 13.8 Å². The van der Waals surface area contributed by atoms with Crippen LogP contribution < -0.4 is 0 Å². The second-order valence-electron chi connectivity index (χ2n) is 5.19. The Morgan fingerprint density at radius 3 is 2.81 bits per heavy atom. The van der Waals surface area contributed by atoms with Crippen LogP contribution in [-0.2, 0) is 17.2 Å². The lowest BCUT2D eigenvalue weighted by atomic mass is 10.3. The molecular formula is C15H19BrClFN2O. The van der Waals surface area contributed by atoms with E-state index < -0.39 is 0 Å². The maximum Gasteiger partial charge on any atom is 0.139 e. The van der Waals surface area contributed by atoms with Crippen LogP contribution in [0.1, 0.15) is 32.5 Å². The highest BCUT2D eigenvalue weighted by atomic mass is 79.9. The van der Waals surface area contributed by atoms with Crippen LogP contribution in [0.5, 0.6) is 0 Å². The van der Waals surface area contributed by atoms with Gasteiger partial charge in [-0.1, -0.05) is 0 Å². The van der Waals surface area contributed by atoms with Gasteiger partial charge >= 0.3 is 0 Å². The topological polar surface area (TPSA) is 27.1 Å². The molecule has 0 saturated carbocycles. The molecule has 2 aromatic rings. The molecule has 0 aliphatic carbocycles. The minimum Gasteiger partial charge on any atom is -0.379 e. The Labute approximate surface area is 137 Å². The van der Waals surface area contributed by atoms with Crippen molar-refractivity contribution >= 4 is 38.6 Å². The molecule has 0 unspecified atom stereocenters. The van der Waals surface area contributed by atoms with Crippen molar-refractivity contribution in [2.24, 2.45) is 0 Å². The molecule has 0 atom stereocenters. The van der Waals surface area contributed by atoms with E-state index in [1.54, 1.807) is 6.07 Å². The van der Waals surface area contributed by atoms with Gasteiger partial charge in [-0.15, -0.1) is 11.6 Å². The molecule has 1 aromatic heterocycles. The lowest BCUT2D eigenvalue weighted by molar-refractivity contribution is 0.0754. The molecule has 3 nitrogen and oxygen atoms in total. The van der Waals surface area contributed by atoms with E-state index in [4.69, 9.17) is 16.3 Å². The summed E-state index contributed by atoms with van der Waals surface area (Å²) in [5.74, 6) is 0.781. The molecule has 1 aromatic carbocycles. The second kappa shape index (κ2) is 7.56. The van der Waals surface area contributed by atoms with Gasteiger partial charge in [0.25, 0.3) is 0 Å². The van der Waals surface area contributed by atoms with Crippen LogP contribution in [0.25, 0.3) is 11.0 Å². The molecule has 0 amide bonds. The lowest BCUT2D eigenvalue weighted by Crippen LogP contribution is -2.07. The number of aromatic nitrogens is 2. The molecule has 6 heteroatoms. The normalized spacial score (nSPS) is 11.7. The number of halogens is 3. The van der Waals surface area contributed by atoms with E-state index in [1.165, 1.54) is 6.07 Å². The van der Waals surface area contributed by atoms with Crippen molar-refractivity contribution in [2.75, 3.05) is 6.61 Å². The zero-order valence-corrected chi connectivity index (χ0v) is 14.5. The first kappa shape index (κ1) is 16.7. The third-order valence-corrected chi connectivity index (χ3v) is 4.06. The number of fused-ring (bicyclic) bond motifs is 1. The first-order valence-corrected chi connectivity index (χ1v) is 8.37. The molecule has 0 bridgehead atoms. The molecule has 0 fully saturated rings. The monoisotopic (exact) mass is 376 g/mol. The standard InChI is InChI=1S/C15H19BrClFN2O/c1-10(2)21-6-4-3-5-20-14-7-11(16)12(18)8-13(14)19-15(20)9-17/h7-8,10H,3-6,9H2,1-2H3. The quantitative estimate of drug-likeness (QED) is 0.508. The van der Waals surface area contributed by atoms with Crippen molar-refractivity contribution < 1.29 is 9.13 Å². The van der Waals surface area contributed by atoms with Crippen LogP contribution in [0.4, 0.5) is 4.39 Å². The summed E-state index contributed by atoms with van der Waals surface area (Å²) in [6.45, 7) is 5.61. The van der Waals surface area contributed by atoms with E-state index in [-0.39, 0.29) is 11.9 Å². The molecular weight excluding hydrogens is 359 g/mol. The molecule has 0 aliphatic heterocycles. The third kappa shape index (κ3) is 4.18. The first-order chi connectivity index (χ1) is 10.0. The Bertz CT molecular complexity index is 615. The van der Waals surface area contributed by atoms with Crippen molar-refractivity contribution in [1.29, 1.82) is 0 Å². The van der Waals surface area contributed by atoms with Gasteiger partial charge < -0.3 is 9.30 Å². The summed E-state index contributed by atoms with van der Waals surface area (Å²) >= 11 is 9.17. The van der Waals surface area contributed by atoms with Gasteiger partial charge in [-0.05, 0) is 48.7 Å². The fraction of sp³-hybridized carbons (Fsp3) is 0.533. The highest BCUT2D eigenvalue weighted by Crippen LogP contribution is 2.25. The molecule has 0 N–H and O–H groups in total. The van der Waals surface area contributed by atoms with Crippen LogP contribution >= 0.6 is 27.5 Å². The number of unbranched alkanes of at least 4 members (excludes halogenated alkanes) is 1. The minimum atomic E-state index is -0.307. The zero-order valence-electron chi connectivity index (χ0n) is 12.2. The Kier molecular flexibility index (Phi) is 6.02. The number of rotatable bonds is 7. The average Bonchev–Trinajstić information content (AvgIpc) is 2.76. The van der Waals surface area contributed by atoms with Gasteiger partial charge in [0.15, 0.2) is 0 Å². The summed E-state index contributed by atoms with van der Waals surface area (Å²) in [4.78, 5) is 4.40. The van der Waals surface area contributed by atoms with Crippen molar-refractivity contribution in [3.63, 3.8) is 0 Å². The fourth-order valence-electron chi connectivity index (χ4n) is 2.21. The lowest BCUT2D eigenvalue weighted by Gasteiger charge is -2.10. The second-order valence-corrected chi connectivity index (χ2v) is 6.32.